The van der Waals surface area contributed by atoms with Gasteiger partial charge in [-0.05, 0) is 42.7 Å². The summed E-state index contributed by atoms with van der Waals surface area (Å²) in [5.74, 6) is 1.14. The van der Waals surface area contributed by atoms with E-state index in [9.17, 15) is 4.79 Å². The highest BCUT2D eigenvalue weighted by molar-refractivity contribution is 5.81. The van der Waals surface area contributed by atoms with E-state index in [2.05, 4.69) is 36.5 Å². The Morgan fingerprint density at radius 2 is 2.12 bits per heavy atom. The third kappa shape index (κ3) is 2.08. The van der Waals surface area contributed by atoms with Crippen LogP contribution in [-0.2, 0) is 11.2 Å². The SMILES string of the molecule is C[C@@H]1C[C@@H]1C(=O)N[C@@H]1CCCc2ccccc21. The Morgan fingerprint density at radius 1 is 1.35 bits per heavy atom. The van der Waals surface area contributed by atoms with Gasteiger partial charge in [0.15, 0.2) is 0 Å². The number of benzene rings is 1. The third-order valence-corrected chi connectivity index (χ3v) is 4.13. The van der Waals surface area contributed by atoms with Gasteiger partial charge in [0, 0.05) is 5.92 Å². The number of aryl methyl sites for hydroxylation is 1. The van der Waals surface area contributed by atoms with Crippen LogP contribution in [0.5, 0.6) is 0 Å². The van der Waals surface area contributed by atoms with Crippen molar-refractivity contribution in [1.82, 2.24) is 5.32 Å². The second-order valence-corrected chi connectivity index (χ2v) is 5.47. The van der Waals surface area contributed by atoms with Gasteiger partial charge in [0.25, 0.3) is 0 Å². The van der Waals surface area contributed by atoms with Crippen LogP contribution in [-0.4, -0.2) is 5.91 Å². The molecule has 0 unspecified atom stereocenters. The maximum Gasteiger partial charge on any atom is 0.223 e. The van der Waals surface area contributed by atoms with Gasteiger partial charge >= 0.3 is 0 Å². The summed E-state index contributed by atoms with van der Waals surface area (Å²) in [6, 6.07) is 8.76. The maximum atomic E-state index is 12.0. The van der Waals surface area contributed by atoms with Crippen LogP contribution < -0.4 is 5.32 Å². The van der Waals surface area contributed by atoms with Crippen molar-refractivity contribution in [2.75, 3.05) is 0 Å². The molecule has 0 aromatic heterocycles. The molecule has 1 saturated carbocycles. The quantitative estimate of drug-likeness (QED) is 0.830. The van der Waals surface area contributed by atoms with Crippen molar-refractivity contribution >= 4 is 5.91 Å². The molecule has 90 valence electrons. The number of hydrogen-bond donors (Lipinski definition) is 1. The highest BCUT2D eigenvalue weighted by Crippen LogP contribution is 2.39. The minimum absolute atomic E-state index is 0.250. The minimum atomic E-state index is 0.250. The first kappa shape index (κ1) is 10.8. The Labute approximate surface area is 102 Å². The van der Waals surface area contributed by atoms with Crippen molar-refractivity contribution in [3.63, 3.8) is 0 Å². The van der Waals surface area contributed by atoms with Crippen LogP contribution in [0.4, 0.5) is 0 Å². The molecule has 1 fully saturated rings. The average Bonchev–Trinajstić information content (AvgIpc) is 3.07. The van der Waals surface area contributed by atoms with Crippen LogP contribution in [0.2, 0.25) is 0 Å². The van der Waals surface area contributed by atoms with E-state index in [1.807, 2.05) is 0 Å². The molecular formula is C15H19NO. The van der Waals surface area contributed by atoms with E-state index in [-0.39, 0.29) is 17.9 Å². The van der Waals surface area contributed by atoms with E-state index in [1.165, 1.54) is 17.5 Å². The summed E-state index contributed by atoms with van der Waals surface area (Å²) in [6.45, 7) is 2.15. The topological polar surface area (TPSA) is 29.1 Å². The Morgan fingerprint density at radius 3 is 2.88 bits per heavy atom. The highest BCUT2D eigenvalue weighted by Gasteiger charge is 2.40. The molecule has 0 bridgehead atoms. The molecule has 0 radical (unpaired) electrons. The predicted molar refractivity (Wildman–Crippen MR) is 67.5 cm³/mol. The fourth-order valence-corrected chi connectivity index (χ4v) is 2.87. The molecule has 0 aliphatic heterocycles. The molecule has 0 heterocycles. The molecule has 2 aliphatic rings. The van der Waals surface area contributed by atoms with Gasteiger partial charge in [0.05, 0.1) is 6.04 Å². The highest BCUT2D eigenvalue weighted by atomic mass is 16.2. The van der Waals surface area contributed by atoms with Crippen molar-refractivity contribution in [1.29, 1.82) is 0 Å². The van der Waals surface area contributed by atoms with Crippen molar-refractivity contribution < 1.29 is 4.79 Å². The van der Waals surface area contributed by atoms with Crippen molar-refractivity contribution in [3.05, 3.63) is 35.4 Å². The van der Waals surface area contributed by atoms with Crippen LogP contribution in [0.15, 0.2) is 24.3 Å². The number of carbonyl (C=O) groups is 1. The van der Waals surface area contributed by atoms with E-state index in [0.717, 1.165) is 19.3 Å². The first-order valence-electron chi connectivity index (χ1n) is 6.64. The van der Waals surface area contributed by atoms with Gasteiger partial charge < -0.3 is 5.32 Å². The number of amides is 1. The van der Waals surface area contributed by atoms with E-state index in [4.69, 9.17) is 0 Å². The lowest BCUT2D eigenvalue weighted by molar-refractivity contribution is -0.123. The van der Waals surface area contributed by atoms with Gasteiger partial charge in [-0.1, -0.05) is 31.2 Å². The van der Waals surface area contributed by atoms with Gasteiger partial charge in [0.2, 0.25) is 5.91 Å². The lowest BCUT2D eigenvalue weighted by atomic mass is 9.87. The van der Waals surface area contributed by atoms with E-state index >= 15 is 0 Å². The van der Waals surface area contributed by atoms with Gasteiger partial charge in [-0.3, -0.25) is 4.79 Å². The van der Waals surface area contributed by atoms with Crippen LogP contribution >= 0.6 is 0 Å². The zero-order valence-electron chi connectivity index (χ0n) is 10.3. The van der Waals surface area contributed by atoms with Crippen LogP contribution in [0.25, 0.3) is 0 Å². The molecule has 2 heteroatoms. The summed E-state index contributed by atoms with van der Waals surface area (Å²) in [5.41, 5.74) is 2.74. The first-order chi connectivity index (χ1) is 8.25. The summed E-state index contributed by atoms with van der Waals surface area (Å²) in [5, 5.41) is 3.23. The first-order valence-corrected chi connectivity index (χ1v) is 6.64. The second kappa shape index (κ2) is 4.17. The number of rotatable bonds is 2. The summed E-state index contributed by atoms with van der Waals surface area (Å²) in [7, 11) is 0. The van der Waals surface area contributed by atoms with Gasteiger partial charge in [0.1, 0.15) is 0 Å². The van der Waals surface area contributed by atoms with Crippen molar-refractivity contribution in [2.45, 2.75) is 38.6 Å². The molecule has 2 aliphatic carbocycles. The molecule has 17 heavy (non-hydrogen) atoms. The molecule has 1 aromatic carbocycles. The molecule has 3 atom stereocenters. The standard InChI is InChI=1S/C15H19NO/c1-10-9-13(10)15(17)16-14-8-4-6-11-5-2-3-7-12(11)14/h2-3,5,7,10,13-14H,4,6,8-9H2,1H3,(H,16,17)/t10-,13+,14-/m1/s1. The Bertz CT molecular complexity index is 440. The third-order valence-electron chi connectivity index (χ3n) is 4.13. The Hall–Kier alpha value is -1.31. The summed E-state index contributed by atoms with van der Waals surface area (Å²) >= 11 is 0. The smallest absolute Gasteiger partial charge is 0.223 e. The molecule has 1 aromatic rings. The lowest BCUT2D eigenvalue weighted by Gasteiger charge is -2.26. The predicted octanol–water partition coefficient (Wildman–Crippen LogP) is 2.84. The summed E-state index contributed by atoms with van der Waals surface area (Å²) < 4.78 is 0. The molecule has 3 rings (SSSR count). The van der Waals surface area contributed by atoms with Crippen LogP contribution in [0.1, 0.15) is 43.4 Å². The minimum Gasteiger partial charge on any atom is -0.349 e. The molecule has 0 spiro atoms. The number of hydrogen-bond acceptors (Lipinski definition) is 1. The van der Waals surface area contributed by atoms with Gasteiger partial charge in [-0.15, -0.1) is 0 Å². The van der Waals surface area contributed by atoms with E-state index < -0.39 is 0 Å². The molecule has 2 nitrogen and oxygen atoms in total. The van der Waals surface area contributed by atoms with Crippen molar-refractivity contribution in [2.24, 2.45) is 11.8 Å². The second-order valence-electron chi connectivity index (χ2n) is 5.47. The normalized spacial score (nSPS) is 30.5. The van der Waals surface area contributed by atoms with Crippen molar-refractivity contribution in [3.8, 4) is 0 Å². The zero-order chi connectivity index (χ0) is 11.8. The molecular weight excluding hydrogens is 210 g/mol. The summed E-state index contributed by atoms with van der Waals surface area (Å²) in [4.78, 5) is 12.0. The largest absolute Gasteiger partial charge is 0.349 e. The molecule has 1 amide bonds. The molecule has 1 N–H and O–H groups in total. The summed E-state index contributed by atoms with van der Waals surface area (Å²) in [6.07, 6.45) is 4.49. The Kier molecular flexibility index (Phi) is 2.65. The van der Waals surface area contributed by atoms with E-state index in [1.54, 1.807) is 0 Å². The van der Waals surface area contributed by atoms with Crippen LogP contribution in [0, 0.1) is 11.8 Å². The fourth-order valence-electron chi connectivity index (χ4n) is 2.87. The monoisotopic (exact) mass is 229 g/mol. The lowest BCUT2D eigenvalue weighted by Crippen LogP contribution is -2.32. The van der Waals surface area contributed by atoms with Gasteiger partial charge in [-0.25, -0.2) is 0 Å². The maximum absolute atomic E-state index is 12.0. The van der Waals surface area contributed by atoms with E-state index in [0.29, 0.717) is 5.92 Å². The Balaban J connectivity index is 1.74. The number of carbonyl (C=O) groups excluding carboxylic acids is 1. The van der Waals surface area contributed by atoms with Gasteiger partial charge in [-0.2, -0.15) is 0 Å². The zero-order valence-corrected chi connectivity index (χ0v) is 10.3. The number of nitrogens with one attached hydrogen (secondary N) is 1. The average molecular weight is 229 g/mol. The molecule has 0 saturated heterocycles. The van der Waals surface area contributed by atoms with Crippen LogP contribution in [0.3, 0.4) is 0 Å². The number of fused-ring (bicyclic) bond motifs is 1. The fraction of sp³-hybridized carbons (Fsp3) is 0.533.